The number of alkyl halides is 3. The standard InChI is InChI=1S/C6H11F3N2O/c1-3(2)4(10)11-5(12)6(7,8)9/h3-4H,10H2,1-2H3,(H,11,12). The molecule has 0 aliphatic rings. The van der Waals surface area contributed by atoms with Gasteiger partial charge >= 0.3 is 12.1 Å². The molecule has 0 radical (unpaired) electrons. The molecule has 1 amide bonds. The Bertz CT molecular complexity index is 167. The van der Waals surface area contributed by atoms with E-state index in [0.29, 0.717) is 0 Å². The maximum Gasteiger partial charge on any atom is 0.471 e. The summed E-state index contributed by atoms with van der Waals surface area (Å²) < 4.78 is 34.8. The summed E-state index contributed by atoms with van der Waals surface area (Å²) in [4.78, 5) is 10.3. The van der Waals surface area contributed by atoms with Gasteiger partial charge in [-0.1, -0.05) is 13.8 Å². The van der Waals surface area contributed by atoms with Crippen LogP contribution in [-0.4, -0.2) is 18.2 Å². The first-order valence-electron chi connectivity index (χ1n) is 3.38. The normalized spacial score (nSPS) is 14.6. The van der Waals surface area contributed by atoms with E-state index >= 15 is 0 Å². The lowest BCUT2D eigenvalue weighted by Gasteiger charge is -2.17. The molecule has 0 rings (SSSR count). The summed E-state index contributed by atoms with van der Waals surface area (Å²) in [5.41, 5.74) is 5.18. The fourth-order valence-electron chi connectivity index (χ4n) is 0.400. The minimum Gasteiger partial charge on any atom is -0.333 e. The lowest BCUT2D eigenvalue weighted by Crippen LogP contribution is -2.50. The summed E-state index contributed by atoms with van der Waals surface area (Å²) in [5.74, 6) is -2.22. The Morgan fingerprint density at radius 2 is 1.83 bits per heavy atom. The van der Waals surface area contributed by atoms with Gasteiger partial charge in [0.05, 0.1) is 6.17 Å². The van der Waals surface area contributed by atoms with Gasteiger partial charge in [-0.3, -0.25) is 4.79 Å². The molecule has 3 N–H and O–H groups in total. The third kappa shape index (κ3) is 3.56. The van der Waals surface area contributed by atoms with Gasteiger partial charge in [0.2, 0.25) is 0 Å². The highest BCUT2D eigenvalue weighted by Crippen LogP contribution is 2.14. The molecule has 0 aromatic carbocycles. The quantitative estimate of drug-likeness (QED) is 0.617. The van der Waals surface area contributed by atoms with Crippen molar-refractivity contribution in [2.75, 3.05) is 0 Å². The van der Waals surface area contributed by atoms with E-state index in [1.807, 2.05) is 0 Å². The van der Waals surface area contributed by atoms with Gasteiger partial charge in [0.1, 0.15) is 0 Å². The van der Waals surface area contributed by atoms with Crippen molar-refractivity contribution in [2.24, 2.45) is 11.7 Å². The van der Waals surface area contributed by atoms with Gasteiger partial charge in [-0.05, 0) is 5.92 Å². The van der Waals surface area contributed by atoms with Gasteiger partial charge in [-0.25, -0.2) is 0 Å². The summed E-state index contributed by atoms with van der Waals surface area (Å²) in [5, 5.41) is 1.63. The number of rotatable bonds is 2. The Hall–Kier alpha value is -0.780. The predicted molar refractivity (Wildman–Crippen MR) is 37.0 cm³/mol. The minimum atomic E-state index is -4.85. The van der Waals surface area contributed by atoms with E-state index in [0.717, 1.165) is 0 Å². The molecule has 1 atom stereocenters. The Morgan fingerprint density at radius 1 is 1.42 bits per heavy atom. The topological polar surface area (TPSA) is 55.1 Å². The molecule has 0 bridgehead atoms. The summed E-state index contributed by atoms with van der Waals surface area (Å²) in [6, 6.07) is 0. The lowest BCUT2D eigenvalue weighted by molar-refractivity contribution is -0.174. The number of nitrogens with two attached hydrogens (primary N) is 1. The zero-order valence-electron chi connectivity index (χ0n) is 6.77. The summed E-state index contributed by atoms with van der Waals surface area (Å²) in [7, 11) is 0. The van der Waals surface area contributed by atoms with E-state index in [-0.39, 0.29) is 5.92 Å². The van der Waals surface area contributed by atoms with E-state index in [9.17, 15) is 18.0 Å². The van der Waals surface area contributed by atoms with E-state index in [4.69, 9.17) is 5.73 Å². The molecule has 0 spiro atoms. The second-order valence-electron chi connectivity index (χ2n) is 2.74. The van der Waals surface area contributed by atoms with E-state index in [1.165, 1.54) is 0 Å². The van der Waals surface area contributed by atoms with Gasteiger partial charge in [-0.15, -0.1) is 0 Å². The van der Waals surface area contributed by atoms with Crippen LogP contribution in [0.5, 0.6) is 0 Å². The molecule has 0 aliphatic heterocycles. The average Bonchev–Trinajstić information content (AvgIpc) is 1.85. The Kier molecular flexibility index (Phi) is 3.51. The molecule has 0 saturated carbocycles. The zero-order chi connectivity index (χ0) is 9.94. The molecule has 6 heteroatoms. The highest BCUT2D eigenvalue weighted by atomic mass is 19.4. The number of carbonyl (C=O) groups is 1. The van der Waals surface area contributed by atoms with Crippen molar-refractivity contribution in [3.8, 4) is 0 Å². The van der Waals surface area contributed by atoms with Crippen LogP contribution in [0.1, 0.15) is 13.8 Å². The van der Waals surface area contributed by atoms with E-state index in [2.05, 4.69) is 0 Å². The molecule has 0 aromatic heterocycles. The summed E-state index contributed by atoms with van der Waals surface area (Å²) >= 11 is 0. The number of amides is 1. The fourth-order valence-corrected chi connectivity index (χ4v) is 0.400. The van der Waals surface area contributed by atoms with Crippen LogP contribution in [0, 0.1) is 5.92 Å². The van der Waals surface area contributed by atoms with Crippen LogP contribution < -0.4 is 11.1 Å². The van der Waals surface area contributed by atoms with Crippen molar-refractivity contribution in [2.45, 2.75) is 26.2 Å². The molecule has 0 aromatic rings. The molecule has 0 saturated heterocycles. The molecule has 1 unspecified atom stereocenters. The van der Waals surface area contributed by atoms with Crippen molar-refractivity contribution in [3.63, 3.8) is 0 Å². The number of hydrogen-bond donors (Lipinski definition) is 2. The van der Waals surface area contributed by atoms with Crippen molar-refractivity contribution in [1.29, 1.82) is 0 Å². The van der Waals surface area contributed by atoms with Crippen LogP contribution in [0.4, 0.5) is 13.2 Å². The van der Waals surface area contributed by atoms with Crippen LogP contribution in [0.3, 0.4) is 0 Å². The molecule has 3 nitrogen and oxygen atoms in total. The van der Waals surface area contributed by atoms with Gasteiger partial charge in [0, 0.05) is 0 Å². The van der Waals surface area contributed by atoms with Crippen molar-refractivity contribution in [3.05, 3.63) is 0 Å². The van der Waals surface area contributed by atoms with Crippen LogP contribution >= 0.6 is 0 Å². The number of carbonyl (C=O) groups excluding carboxylic acids is 1. The number of halogens is 3. The van der Waals surface area contributed by atoms with Crippen molar-refractivity contribution in [1.82, 2.24) is 5.32 Å². The van der Waals surface area contributed by atoms with E-state index < -0.39 is 18.2 Å². The van der Waals surface area contributed by atoms with Gasteiger partial charge in [0.15, 0.2) is 0 Å². The monoisotopic (exact) mass is 184 g/mol. The SMILES string of the molecule is CC(C)C(N)NC(=O)C(F)(F)F. The second kappa shape index (κ2) is 3.75. The second-order valence-corrected chi connectivity index (χ2v) is 2.74. The van der Waals surface area contributed by atoms with Crippen LogP contribution in [0.15, 0.2) is 0 Å². The van der Waals surface area contributed by atoms with E-state index in [1.54, 1.807) is 19.2 Å². The summed E-state index contributed by atoms with van der Waals surface area (Å²) in [6.07, 6.45) is -5.81. The van der Waals surface area contributed by atoms with Crippen molar-refractivity contribution < 1.29 is 18.0 Å². The lowest BCUT2D eigenvalue weighted by atomic mass is 10.1. The third-order valence-corrected chi connectivity index (χ3v) is 1.27. The van der Waals surface area contributed by atoms with Crippen LogP contribution in [-0.2, 0) is 4.79 Å². The van der Waals surface area contributed by atoms with Gasteiger partial charge in [0.25, 0.3) is 0 Å². The first kappa shape index (κ1) is 11.2. The zero-order valence-corrected chi connectivity index (χ0v) is 6.77. The number of hydrogen-bond acceptors (Lipinski definition) is 2. The van der Waals surface area contributed by atoms with Gasteiger partial charge < -0.3 is 11.1 Å². The molecular weight excluding hydrogens is 173 g/mol. The smallest absolute Gasteiger partial charge is 0.333 e. The summed E-state index contributed by atoms with van der Waals surface area (Å²) in [6.45, 7) is 3.22. The first-order valence-corrected chi connectivity index (χ1v) is 3.38. The Labute approximate surface area is 68.1 Å². The van der Waals surface area contributed by atoms with Gasteiger partial charge in [-0.2, -0.15) is 13.2 Å². The highest BCUT2D eigenvalue weighted by molar-refractivity contribution is 5.81. The number of nitrogens with one attached hydrogen (secondary N) is 1. The van der Waals surface area contributed by atoms with Crippen LogP contribution in [0.25, 0.3) is 0 Å². The molecule has 0 fully saturated rings. The maximum absolute atomic E-state index is 11.6. The fraction of sp³-hybridized carbons (Fsp3) is 0.833. The molecule has 72 valence electrons. The Morgan fingerprint density at radius 3 is 2.08 bits per heavy atom. The largest absolute Gasteiger partial charge is 0.471 e. The Balaban J connectivity index is 4.02. The van der Waals surface area contributed by atoms with Crippen LogP contribution in [0.2, 0.25) is 0 Å². The first-order chi connectivity index (χ1) is 5.25. The highest BCUT2D eigenvalue weighted by Gasteiger charge is 2.39. The molecule has 0 aliphatic carbocycles. The third-order valence-electron chi connectivity index (χ3n) is 1.27. The molecule has 0 heterocycles. The average molecular weight is 184 g/mol. The predicted octanol–water partition coefficient (Wildman–Crippen LogP) is 0.606. The minimum absolute atomic E-state index is 0.226. The maximum atomic E-state index is 11.6. The molecular formula is C6H11F3N2O. The van der Waals surface area contributed by atoms with Crippen molar-refractivity contribution >= 4 is 5.91 Å². The molecule has 12 heavy (non-hydrogen) atoms.